The fourth-order valence-corrected chi connectivity index (χ4v) is 1.86. The molecule has 0 bridgehead atoms. The molecule has 4 nitrogen and oxygen atoms in total. The first-order chi connectivity index (χ1) is 6.77. The number of anilines is 1. The second-order valence-electron chi connectivity index (χ2n) is 3.46. The second-order valence-corrected chi connectivity index (χ2v) is 4.29. The molecule has 0 aliphatic carbocycles. The van der Waals surface area contributed by atoms with Crippen molar-refractivity contribution in [3.8, 4) is 0 Å². The first kappa shape index (κ1) is 9.61. The number of amides is 1. The summed E-state index contributed by atoms with van der Waals surface area (Å²) in [6, 6.07) is 1.80. The van der Waals surface area contributed by atoms with Gasteiger partial charge in [0.25, 0.3) is 0 Å². The molecule has 2 rings (SSSR count). The van der Waals surface area contributed by atoms with Gasteiger partial charge < -0.3 is 10.1 Å². The van der Waals surface area contributed by atoms with Crippen LogP contribution in [0.5, 0.6) is 0 Å². The number of aromatic nitrogens is 1. The van der Waals surface area contributed by atoms with Gasteiger partial charge >= 0.3 is 0 Å². The van der Waals surface area contributed by atoms with Gasteiger partial charge in [-0.1, -0.05) is 6.92 Å². The molecule has 1 N–H and O–H groups in total. The quantitative estimate of drug-likeness (QED) is 0.826. The maximum Gasteiger partial charge on any atom is 0.235 e. The van der Waals surface area contributed by atoms with Crippen LogP contribution in [-0.4, -0.2) is 23.5 Å². The molecule has 0 saturated carbocycles. The topological polar surface area (TPSA) is 51.2 Å². The molecule has 1 aliphatic heterocycles. The highest BCUT2D eigenvalue weighted by atomic mass is 32.1. The number of ether oxygens (including phenoxy) is 1. The molecular weight excluding hydrogens is 200 g/mol. The Morgan fingerprint density at radius 1 is 1.79 bits per heavy atom. The minimum atomic E-state index is -0.302. The summed E-state index contributed by atoms with van der Waals surface area (Å²) >= 11 is 1.29. The fourth-order valence-electron chi connectivity index (χ4n) is 1.37. The average molecular weight is 212 g/mol. The van der Waals surface area contributed by atoms with Crippen LogP contribution in [0.1, 0.15) is 13.3 Å². The van der Waals surface area contributed by atoms with Crippen molar-refractivity contribution in [2.24, 2.45) is 5.41 Å². The van der Waals surface area contributed by atoms with Gasteiger partial charge in [-0.2, -0.15) is 4.37 Å². The van der Waals surface area contributed by atoms with E-state index in [1.54, 1.807) is 12.3 Å². The third-order valence-electron chi connectivity index (χ3n) is 2.59. The Labute approximate surface area is 86.4 Å². The SMILES string of the molecule is CCC1(C(=O)Nc2ccns2)COC1. The van der Waals surface area contributed by atoms with Crippen molar-refractivity contribution in [2.75, 3.05) is 18.5 Å². The maximum absolute atomic E-state index is 11.8. The first-order valence-corrected chi connectivity index (χ1v) is 5.34. The van der Waals surface area contributed by atoms with Gasteiger partial charge in [-0.3, -0.25) is 4.79 Å². The zero-order valence-corrected chi connectivity index (χ0v) is 8.76. The Morgan fingerprint density at radius 2 is 2.57 bits per heavy atom. The van der Waals surface area contributed by atoms with Crippen molar-refractivity contribution in [3.63, 3.8) is 0 Å². The molecule has 1 fully saturated rings. The highest BCUT2D eigenvalue weighted by Crippen LogP contribution is 2.32. The summed E-state index contributed by atoms with van der Waals surface area (Å²) in [4.78, 5) is 11.8. The van der Waals surface area contributed by atoms with E-state index in [2.05, 4.69) is 9.69 Å². The molecule has 14 heavy (non-hydrogen) atoms. The molecule has 0 atom stereocenters. The Balaban J connectivity index is 2.01. The summed E-state index contributed by atoms with van der Waals surface area (Å²) in [6.45, 7) is 3.08. The van der Waals surface area contributed by atoms with Crippen molar-refractivity contribution in [3.05, 3.63) is 12.3 Å². The molecule has 1 aromatic heterocycles. The summed E-state index contributed by atoms with van der Waals surface area (Å²) < 4.78 is 9.02. The smallest absolute Gasteiger partial charge is 0.235 e. The number of rotatable bonds is 3. The highest BCUT2D eigenvalue weighted by molar-refractivity contribution is 7.10. The highest BCUT2D eigenvalue weighted by Gasteiger charge is 2.44. The molecule has 2 heterocycles. The van der Waals surface area contributed by atoms with Crippen LogP contribution in [0.3, 0.4) is 0 Å². The van der Waals surface area contributed by atoms with Crippen LogP contribution in [0, 0.1) is 5.41 Å². The van der Waals surface area contributed by atoms with Crippen molar-refractivity contribution in [2.45, 2.75) is 13.3 Å². The lowest BCUT2D eigenvalue weighted by Gasteiger charge is -2.38. The normalized spacial score (nSPS) is 18.6. The van der Waals surface area contributed by atoms with Gasteiger partial charge in [0, 0.05) is 6.20 Å². The lowest BCUT2D eigenvalue weighted by Crippen LogP contribution is -2.51. The average Bonchev–Trinajstić information content (AvgIpc) is 2.55. The van der Waals surface area contributed by atoms with E-state index in [-0.39, 0.29) is 11.3 Å². The molecule has 1 aromatic rings. The third kappa shape index (κ3) is 1.53. The summed E-state index contributed by atoms with van der Waals surface area (Å²) in [7, 11) is 0. The Morgan fingerprint density at radius 3 is 3.00 bits per heavy atom. The zero-order chi connectivity index (χ0) is 10.0. The van der Waals surface area contributed by atoms with E-state index in [4.69, 9.17) is 4.74 Å². The molecule has 0 aromatic carbocycles. The van der Waals surface area contributed by atoms with E-state index in [0.717, 1.165) is 11.4 Å². The number of nitrogens with one attached hydrogen (secondary N) is 1. The van der Waals surface area contributed by atoms with Crippen LogP contribution in [-0.2, 0) is 9.53 Å². The molecule has 1 saturated heterocycles. The van der Waals surface area contributed by atoms with Crippen LogP contribution in [0.4, 0.5) is 5.00 Å². The molecule has 0 spiro atoms. The van der Waals surface area contributed by atoms with Crippen LogP contribution in [0.15, 0.2) is 12.3 Å². The van der Waals surface area contributed by atoms with E-state index in [0.29, 0.717) is 13.2 Å². The Hall–Kier alpha value is -0.940. The maximum atomic E-state index is 11.8. The van der Waals surface area contributed by atoms with Crippen molar-refractivity contribution >= 4 is 22.4 Å². The van der Waals surface area contributed by atoms with Crippen LogP contribution >= 0.6 is 11.5 Å². The van der Waals surface area contributed by atoms with Crippen LogP contribution in [0.25, 0.3) is 0 Å². The van der Waals surface area contributed by atoms with E-state index < -0.39 is 0 Å². The van der Waals surface area contributed by atoms with E-state index in [1.165, 1.54) is 11.5 Å². The number of hydrogen-bond acceptors (Lipinski definition) is 4. The Kier molecular flexibility index (Phi) is 2.52. The van der Waals surface area contributed by atoms with Gasteiger partial charge in [0.1, 0.15) is 5.00 Å². The molecule has 1 aliphatic rings. The molecule has 76 valence electrons. The van der Waals surface area contributed by atoms with Gasteiger partial charge in [0.05, 0.1) is 18.6 Å². The van der Waals surface area contributed by atoms with Gasteiger partial charge in [0.15, 0.2) is 0 Å². The molecular formula is C9H12N2O2S. The van der Waals surface area contributed by atoms with E-state index >= 15 is 0 Å². The lowest BCUT2D eigenvalue weighted by atomic mass is 9.82. The largest absolute Gasteiger partial charge is 0.379 e. The number of carbonyl (C=O) groups is 1. The zero-order valence-electron chi connectivity index (χ0n) is 7.95. The predicted molar refractivity (Wildman–Crippen MR) is 54.3 cm³/mol. The van der Waals surface area contributed by atoms with Crippen molar-refractivity contribution < 1.29 is 9.53 Å². The van der Waals surface area contributed by atoms with Gasteiger partial charge in [-0.15, -0.1) is 0 Å². The standard InChI is InChI=1S/C9H12N2O2S/c1-2-9(5-13-6-9)8(12)11-7-3-4-10-14-7/h3-4H,2,5-6H2,1H3,(H,11,12). The third-order valence-corrected chi connectivity index (χ3v) is 3.25. The molecule has 0 radical (unpaired) electrons. The van der Waals surface area contributed by atoms with Crippen molar-refractivity contribution in [1.82, 2.24) is 4.37 Å². The van der Waals surface area contributed by atoms with E-state index in [9.17, 15) is 4.79 Å². The first-order valence-electron chi connectivity index (χ1n) is 4.57. The molecule has 0 unspecified atom stereocenters. The summed E-state index contributed by atoms with van der Waals surface area (Å²) in [5, 5.41) is 3.65. The molecule has 1 amide bonds. The molecule has 5 heteroatoms. The summed E-state index contributed by atoms with van der Waals surface area (Å²) in [5.74, 6) is 0.0514. The van der Waals surface area contributed by atoms with Crippen LogP contribution in [0.2, 0.25) is 0 Å². The second kappa shape index (κ2) is 3.67. The number of nitrogens with zero attached hydrogens (tertiary/aromatic N) is 1. The fraction of sp³-hybridized carbons (Fsp3) is 0.556. The lowest BCUT2D eigenvalue weighted by molar-refractivity contribution is -0.156. The summed E-state index contributed by atoms with van der Waals surface area (Å²) in [6.07, 6.45) is 2.49. The van der Waals surface area contributed by atoms with Gasteiger partial charge in [-0.05, 0) is 24.0 Å². The minimum Gasteiger partial charge on any atom is -0.379 e. The minimum absolute atomic E-state index is 0.0514. The number of carbonyl (C=O) groups excluding carboxylic acids is 1. The monoisotopic (exact) mass is 212 g/mol. The predicted octanol–water partition coefficient (Wildman–Crippen LogP) is 1.51. The number of hydrogen-bond donors (Lipinski definition) is 1. The Bertz CT molecular complexity index is 314. The van der Waals surface area contributed by atoms with Gasteiger partial charge in [0.2, 0.25) is 5.91 Å². The van der Waals surface area contributed by atoms with Crippen molar-refractivity contribution in [1.29, 1.82) is 0 Å². The van der Waals surface area contributed by atoms with Gasteiger partial charge in [-0.25, -0.2) is 0 Å². The summed E-state index contributed by atoms with van der Waals surface area (Å²) in [5.41, 5.74) is -0.302. The van der Waals surface area contributed by atoms with E-state index in [1.807, 2.05) is 6.92 Å². The van der Waals surface area contributed by atoms with Crippen LogP contribution < -0.4 is 5.32 Å².